The maximum Gasteiger partial charge on any atom is 0.255 e. The Bertz CT molecular complexity index is 820. The number of carbonyl (C=O) groups excluding carboxylic acids is 1. The Morgan fingerprint density at radius 3 is 2.44 bits per heavy atom. The standard InChI is InChI=1S/C18H21FN2O3S/c1-2-3-4-12-20-25(23,24)17-10-8-14(9-11-17)18(22)21-16-7-5-6-15(19)13-16/h5-11,13,20H,2-4,12H2,1H3,(H,21,22). The molecule has 0 aliphatic heterocycles. The van der Waals surface area contributed by atoms with Crippen LogP contribution in [0.5, 0.6) is 0 Å². The zero-order valence-corrected chi connectivity index (χ0v) is 14.8. The Labute approximate surface area is 147 Å². The van der Waals surface area contributed by atoms with Crippen LogP contribution in [0.2, 0.25) is 0 Å². The number of unbranched alkanes of at least 4 members (excludes halogenated alkanes) is 2. The topological polar surface area (TPSA) is 75.3 Å². The highest BCUT2D eigenvalue weighted by Crippen LogP contribution is 2.14. The van der Waals surface area contributed by atoms with E-state index in [0.29, 0.717) is 12.2 Å². The summed E-state index contributed by atoms with van der Waals surface area (Å²) in [6.07, 6.45) is 2.75. The fourth-order valence-electron chi connectivity index (χ4n) is 2.22. The molecule has 2 aromatic rings. The van der Waals surface area contributed by atoms with Crippen LogP contribution in [0.1, 0.15) is 36.5 Å². The molecule has 25 heavy (non-hydrogen) atoms. The van der Waals surface area contributed by atoms with E-state index in [9.17, 15) is 17.6 Å². The minimum absolute atomic E-state index is 0.103. The summed E-state index contributed by atoms with van der Waals surface area (Å²) in [5.74, 6) is -0.890. The third kappa shape index (κ3) is 5.65. The lowest BCUT2D eigenvalue weighted by molar-refractivity contribution is 0.102. The molecular formula is C18H21FN2O3S. The molecule has 1 amide bonds. The molecule has 5 nitrogen and oxygen atoms in total. The van der Waals surface area contributed by atoms with Crippen LogP contribution >= 0.6 is 0 Å². The molecule has 0 aromatic heterocycles. The zero-order valence-electron chi connectivity index (χ0n) is 14.0. The molecule has 0 unspecified atom stereocenters. The van der Waals surface area contributed by atoms with E-state index in [1.807, 2.05) is 6.92 Å². The number of hydrogen-bond acceptors (Lipinski definition) is 3. The van der Waals surface area contributed by atoms with E-state index < -0.39 is 21.7 Å². The van der Waals surface area contributed by atoms with Gasteiger partial charge in [-0.05, 0) is 48.9 Å². The molecule has 0 heterocycles. The van der Waals surface area contributed by atoms with Gasteiger partial charge in [0.2, 0.25) is 10.0 Å². The van der Waals surface area contributed by atoms with Gasteiger partial charge in [0.15, 0.2) is 0 Å². The fraction of sp³-hybridized carbons (Fsp3) is 0.278. The molecule has 0 aliphatic carbocycles. The number of halogens is 1. The average Bonchev–Trinajstić information content (AvgIpc) is 2.59. The van der Waals surface area contributed by atoms with Gasteiger partial charge in [0, 0.05) is 17.8 Å². The van der Waals surface area contributed by atoms with Crippen molar-refractivity contribution < 1.29 is 17.6 Å². The van der Waals surface area contributed by atoms with Crippen LogP contribution in [0, 0.1) is 5.82 Å². The maximum absolute atomic E-state index is 13.1. The second-order valence-corrected chi connectivity index (χ2v) is 7.36. The van der Waals surface area contributed by atoms with Crippen LogP contribution in [0.3, 0.4) is 0 Å². The number of hydrogen-bond donors (Lipinski definition) is 2. The highest BCUT2D eigenvalue weighted by atomic mass is 32.2. The van der Waals surface area contributed by atoms with Gasteiger partial charge in [0.05, 0.1) is 4.90 Å². The molecule has 0 saturated carbocycles. The monoisotopic (exact) mass is 364 g/mol. The first kappa shape index (κ1) is 19.1. The smallest absolute Gasteiger partial charge is 0.255 e. The van der Waals surface area contributed by atoms with Crippen LogP contribution < -0.4 is 10.0 Å². The summed E-state index contributed by atoms with van der Waals surface area (Å²) in [4.78, 5) is 12.2. The third-order valence-corrected chi connectivity index (χ3v) is 5.06. The predicted octanol–water partition coefficient (Wildman–Crippen LogP) is 3.55. The first-order valence-corrected chi connectivity index (χ1v) is 9.57. The maximum atomic E-state index is 13.1. The Kier molecular flexibility index (Phi) is 6.66. The molecule has 2 rings (SSSR count). The van der Waals surface area contributed by atoms with Gasteiger partial charge in [-0.2, -0.15) is 0 Å². The summed E-state index contributed by atoms with van der Waals surface area (Å²) in [6.45, 7) is 2.43. The molecule has 0 aliphatic rings. The SMILES string of the molecule is CCCCCNS(=O)(=O)c1ccc(C(=O)Nc2cccc(F)c2)cc1. The molecule has 0 fully saturated rings. The molecule has 0 bridgehead atoms. The van der Waals surface area contributed by atoms with Crippen molar-refractivity contribution in [2.45, 2.75) is 31.1 Å². The lowest BCUT2D eigenvalue weighted by atomic mass is 10.2. The first-order valence-electron chi connectivity index (χ1n) is 8.09. The molecule has 7 heteroatoms. The van der Waals surface area contributed by atoms with Gasteiger partial charge in [-0.15, -0.1) is 0 Å². The number of nitrogens with one attached hydrogen (secondary N) is 2. The number of benzene rings is 2. The highest BCUT2D eigenvalue weighted by Gasteiger charge is 2.14. The minimum atomic E-state index is -3.58. The largest absolute Gasteiger partial charge is 0.322 e. The summed E-state index contributed by atoms with van der Waals surface area (Å²) < 4.78 is 40.0. The first-order chi connectivity index (χ1) is 11.9. The van der Waals surface area contributed by atoms with Crippen LogP contribution in [0.25, 0.3) is 0 Å². The van der Waals surface area contributed by atoms with Gasteiger partial charge >= 0.3 is 0 Å². The van der Waals surface area contributed by atoms with Crippen molar-refractivity contribution in [3.63, 3.8) is 0 Å². The lowest BCUT2D eigenvalue weighted by Gasteiger charge is -2.08. The van der Waals surface area contributed by atoms with Gasteiger partial charge in [0.25, 0.3) is 5.91 Å². The molecule has 0 radical (unpaired) electrons. The highest BCUT2D eigenvalue weighted by molar-refractivity contribution is 7.89. The molecule has 0 atom stereocenters. The molecule has 0 saturated heterocycles. The van der Waals surface area contributed by atoms with E-state index in [-0.39, 0.29) is 10.5 Å². The van der Waals surface area contributed by atoms with Gasteiger partial charge in [-0.1, -0.05) is 25.8 Å². The quantitative estimate of drug-likeness (QED) is 0.704. The van der Waals surface area contributed by atoms with Crippen molar-refractivity contribution in [3.8, 4) is 0 Å². The number of anilines is 1. The van der Waals surface area contributed by atoms with Crippen molar-refractivity contribution in [2.75, 3.05) is 11.9 Å². The van der Waals surface area contributed by atoms with E-state index in [1.54, 1.807) is 6.07 Å². The molecular weight excluding hydrogens is 343 g/mol. The van der Waals surface area contributed by atoms with E-state index in [2.05, 4.69) is 10.0 Å². The van der Waals surface area contributed by atoms with E-state index in [4.69, 9.17) is 0 Å². The fourth-order valence-corrected chi connectivity index (χ4v) is 3.29. The predicted molar refractivity (Wildman–Crippen MR) is 95.5 cm³/mol. The number of amides is 1. The number of rotatable bonds is 8. The van der Waals surface area contributed by atoms with Crippen molar-refractivity contribution in [1.29, 1.82) is 0 Å². The molecule has 0 spiro atoms. The Morgan fingerprint density at radius 1 is 1.08 bits per heavy atom. The van der Waals surface area contributed by atoms with Crippen LogP contribution in [-0.4, -0.2) is 20.9 Å². The van der Waals surface area contributed by atoms with Crippen molar-refractivity contribution >= 4 is 21.6 Å². The summed E-state index contributed by atoms with van der Waals surface area (Å²) in [6, 6.07) is 11.2. The van der Waals surface area contributed by atoms with Crippen LogP contribution in [0.4, 0.5) is 10.1 Å². The van der Waals surface area contributed by atoms with Crippen molar-refractivity contribution in [3.05, 3.63) is 59.9 Å². The number of sulfonamides is 1. The summed E-state index contributed by atoms with van der Waals surface area (Å²) in [7, 11) is -3.58. The number of carbonyl (C=O) groups is 1. The van der Waals surface area contributed by atoms with Crippen molar-refractivity contribution in [1.82, 2.24) is 4.72 Å². The third-order valence-electron chi connectivity index (χ3n) is 3.58. The minimum Gasteiger partial charge on any atom is -0.322 e. The van der Waals surface area contributed by atoms with E-state index in [0.717, 1.165) is 19.3 Å². The van der Waals surface area contributed by atoms with Crippen molar-refractivity contribution in [2.24, 2.45) is 0 Å². The van der Waals surface area contributed by atoms with Crippen LogP contribution in [0.15, 0.2) is 53.4 Å². The second-order valence-electron chi connectivity index (χ2n) is 5.59. The van der Waals surface area contributed by atoms with E-state index >= 15 is 0 Å². The Morgan fingerprint density at radius 2 is 1.80 bits per heavy atom. The van der Waals surface area contributed by atoms with Gasteiger partial charge < -0.3 is 5.32 Å². The molecule has 2 aromatic carbocycles. The summed E-state index contributed by atoms with van der Waals surface area (Å²) in [5.41, 5.74) is 0.619. The van der Waals surface area contributed by atoms with Crippen LogP contribution in [-0.2, 0) is 10.0 Å². The summed E-state index contributed by atoms with van der Waals surface area (Å²) in [5, 5.41) is 2.56. The Hall–Kier alpha value is -2.25. The molecule has 2 N–H and O–H groups in total. The molecule has 134 valence electrons. The van der Waals surface area contributed by atoms with E-state index in [1.165, 1.54) is 42.5 Å². The Balaban J connectivity index is 2.02. The van der Waals surface area contributed by atoms with Gasteiger partial charge in [-0.25, -0.2) is 17.5 Å². The lowest BCUT2D eigenvalue weighted by Crippen LogP contribution is -2.24. The average molecular weight is 364 g/mol. The normalized spacial score (nSPS) is 11.3. The van der Waals surface area contributed by atoms with Gasteiger partial charge in [0.1, 0.15) is 5.82 Å². The van der Waals surface area contributed by atoms with Gasteiger partial charge in [-0.3, -0.25) is 4.79 Å². The zero-order chi connectivity index (χ0) is 18.3. The second kappa shape index (κ2) is 8.73. The summed E-state index contributed by atoms with van der Waals surface area (Å²) >= 11 is 0.